The van der Waals surface area contributed by atoms with Gasteiger partial charge in [0, 0.05) is 10.3 Å². The number of hydrazine groups is 1. The second-order valence-electron chi connectivity index (χ2n) is 3.66. The van der Waals surface area contributed by atoms with Gasteiger partial charge in [0.05, 0.1) is 23.2 Å². The number of hydrogen-bond donors (Lipinski definition) is 2. The quantitative estimate of drug-likeness (QED) is 0.670. The molecule has 1 unspecified atom stereocenters. The highest BCUT2D eigenvalue weighted by atomic mass is 35.5. The molecule has 0 radical (unpaired) electrons. The highest BCUT2D eigenvalue weighted by Crippen LogP contribution is 2.33. The molecular weight excluding hydrogens is 291 g/mol. The molecule has 1 aromatic heterocycles. The number of benzene rings is 1. The summed E-state index contributed by atoms with van der Waals surface area (Å²) in [7, 11) is 1.63. The van der Waals surface area contributed by atoms with E-state index in [4.69, 9.17) is 33.8 Å². The van der Waals surface area contributed by atoms with Crippen LogP contribution in [0.15, 0.2) is 29.6 Å². The van der Waals surface area contributed by atoms with Gasteiger partial charge in [0.15, 0.2) is 0 Å². The summed E-state index contributed by atoms with van der Waals surface area (Å²) in [5.74, 6) is 6.43. The number of hydrogen-bond acceptors (Lipinski definition) is 4. The topological polar surface area (TPSA) is 47.3 Å². The molecule has 0 aliphatic carbocycles. The van der Waals surface area contributed by atoms with Crippen molar-refractivity contribution >= 4 is 34.5 Å². The minimum Gasteiger partial charge on any atom is -0.496 e. The lowest BCUT2D eigenvalue weighted by molar-refractivity contribution is 0.416. The van der Waals surface area contributed by atoms with E-state index in [-0.39, 0.29) is 6.04 Å². The summed E-state index contributed by atoms with van der Waals surface area (Å²) >= 11 is 13.5. The van der Waals surface area contributed by atoms with E-state index in [2.05, 4.69) is 5.43 Å². The van der Waals surface area contributed by atoms with E-state index < -0.39 is 0 Å². The Kier molecular flexibility index (Phi) is 4.48. The first-order chi connectivity index (χ1) is 8.65. The van der Waals surface area contributed by atoms with E-state index in [1.54, 1.807) is 30.6 Å². The number of halogens is 2. The maximum atomic E-state index is 6.01. The Balaban J connectivity index is 2.35. The van der Waals surface area contributed by atoms with Crippen molar-refractivity contribution in [3.8, 4) is 5.75 Å². The highest BCUT2D eigenvalue weighted by Gasteiger charge is 2.16. The fraction of sp³-hybridized carbons (Fsp3) is 0.167. The maximum absolute atomic E-state index is 6.01. The third kappa shape index (κ3) is 2.79. The van der Waals surface area contributed by atoms with Crippen LogP contribution < -0.4 is 16.0 Å². The molecule has 1 aromatic carbocycles. The van der Waals surface area contributed by atoms with Crippen LogP contribution in [-0.2, 0) is 0 Å². The molecule has 0 aliphatic heterocycles. The third-order valence-electron chi connectivity index (χ3n) is 2.56. The van der Waals surface area contributed by atoms with Gasteiger partial charge in [-0.05, 0) is 23.8 Å². The van der Waals surface area contributed by atoms with Gasteiger partial charge >= 0.3 is 0 Å². The molecule has 3 N–H and O–H groups in total. The van der Waals surface area contributed by atoms with Crippen molar-refractivity contribution in [2.75, 3.05) is 7.11 Å². The lowest BCUT2D eigenvalue weighted by atomic mass is 10.1. The van der Waals surface area contributed by atoms with Crippen LogP contribution in [0.4, 0.5) is 0 Å². The van der Waals surface area contributed by atoms with Crippen molar-refractivity contribution in [3.05, 3.63) is 50.1 Å². The zero-order valence-corrected chi connectivity index (χ0v) is 11.9. The van der Waals surface area contributed by atoms with Crippen LogP contribution in [0.3, 0.4) is 0 Å². The molecule has 0 saturated heterocycles. The van der Waals surface area contributed by atoms with Crippen molar-refractivity contribution in [1.82, 2.24) is 5.43 Å². The van der Waals surface area contributed by atoms with E-state index in [9.17, 15) is 0 Å². The predicted octanol–water partition coefficient (Wildman–Crippen LogP) is 3.62. The normalized spacial score (nSPS) is 12.4. The van der Waals surface area contributed by atoms with Gasteiger partial charge in [0.1, 0.15) is 5.75 Å². The van der Waals surface area contributed by atoms with E-state index in [0.29, 0.717) is 10.0 Å². The first-order valence-corrected chi connectivity index (χ1v) is 6.82. The van der Waals surface area contributed by atoms with E-state index >= 15 is 0 Å². The molecule has 0 spiro atoms. The van der Waals surface area contributed by atoms with Gasteiger partial charge in [-0.25, -0.2) is 5.43 Å². The van der Waals surface area contributed by atoms with Crippen molar-refractivity contribution in [2.24, 2.45) is 5.84 Å². The van der Waals surface area contributed by atoms with E-state index in [1.807, 2.05) is 17.5 Å². The molecule has 6 heteroatoms. The largest absolute Gasteiger partial charge is 0.496 e. The SMILES string of the molecule is COc1csc(C(NN)c2ccc(Cl)c(Cl)c2)c1. The highest BCUT2D eigenvalue weighted by molar-refractivity contribution is 7.10. The van der Waals surface area contributed by atoms with Gasteiger partial charge in [-0.15, -0.1) is 11.3 Å². The average molecular weight is 303 g/mol. The molecule has 2 aromatic rings. The van der Waals surface area contributed by atoms with Crippen LogP contribution in [0.5, 0.6) is 5.75 Å². The van der Waals surface area contributed by atoms with E-state index in [0.717, 1.165) is 16.2 Å². The molecule has 1 heterocycles. The molecule has 2 rings (SSSR count). The van der Waals surface area contributed by atoms with Gasteiger partial charge < -0.3 is 4.74 Å². The van der Waals surface area contributed by atoms with Gasteiger partial charge in [-0.3, -0.25) is 5.84 Å². The molecule has 0 saturated carbocycles. The smallest absolute Gasteiger partial charge is 0.129 e. The first-order valence-electron chi connectivity index (χ1n) is 5.19. The second kappa shape index (κ2) is 5.91. The van der Waals surface area contributed by atoms with Crippen LogP contribution >= 0.6 is 34.5 Å². The molecule has 96 valence electrons. The Bertz CT molecular complexity index is 545. The third-order valence-corrected chi connectivity index (χ3v) is 4.27. The Labute approximate surface area is 119 Å². The Morgan fingerprint density at radius 2 is 2.06 bits per heavy atom. The first kappa shape index (κ1) is 13.6. The fourth-order valence-corrected chi connectivity index (χ4v) is 2.87. The lowest BCUT2D eigenvalue weighted by Crippen LogP contribution is -2.28. The van der Waals surface area contributed by atoms with Gasteiger partial charge in [-0.1, -0.05) is 29.3 Å². The van der Waals surface area contributed by atoms with Crippen molar-refractivity contribution in [1.29, 1.82) is 0 Å². The molecule has 0 amide bonds. The maximum Gasteiger partial charge on any atom is 0.129 e. The number of methoxy groups -OCH3 is 1. The summed E-state index contributed by atoms with van der Waals surface area (Å²) in [6, 6.07) is 7.27. The lowest BCUT2D eigenvalue weighted by Gasteiger charge is -2.15. The van der Waals surface area contributed by atoms with Crippen LogP contribution in [0.2, 0.25) is 10.0 Å². The number of rotatable bonds is 4. The van der Waals surface area contributed by atoms with Crippen molar-refractivity contribution in [3.63, 3.8) is 0 Å². The number of nitrogens with two attached hydrogens (primary N) is 1. The number of thiophene rings is 1. The van der Waals surface area contributed by atoms with Gasteiger partial charge in [0.2, 0.25) is 0 Å². The number of ether oxygens (including phenoxy) is 1. The summed E-state index contributed by atoms with van der Waals surface area (Å²) in [5, 5.41) is 2.97. The molecule has 1 atom stereocenters. The summed E-state index contributed by atoms with van der Waals surface area (Å²) in [5.41, 5.74) is 3.73. The minimum absolute atomic E-state index is 0.131. The Morgan fingerprint density at radius 1 is 1.28 bits per heavy atom. The molecule has 18 heavy (non-hydrogen) atoms. The zero-order valence-electron chi connectivity index (χ0n) is 9.61. The minimum atomic E-state index is -0.131. The summed E-state index contributed by atoms with van der Waals surface area (Å²) < 4.78 is 5.16. The summed E-state index contributed by atoms with van der Waals surface area (Å²) in [6.07, 6.45) is 0. The van der Waals surface area contributed by atoms with Crippen LogP contribution in [0.25, 0.3) is 0 Å². The van der Waals surface area contributed by atoms with Gasteiger partial charge in [0.25, 0.3) is 0 Å². The molecule has 0 bridgehead atoms. The van der Waals surface area contributed by atoms with Crippen LogP contribution in [0, 0.1) is 0 Å². The fourth-order valence-electron chi connectivity index (χ4n) is 1.63. The summed E-state index contributed by atoms with van der Waals surface area (Å²) in [6.45, 7) is 0. The van der Waals surface area contributed by atoms with E-state index in [1.165, 1.54) is 0 Å². The molecule has 3 nitrogen and oxygen atoms in total. The monoisotopic (exact) mass is 302 g/mol. The Morgan fingerprint density at radius 3 is 2.61 bits per heavy atom. The van der Waals surface area contributed by atoms with Crippen molar-refractivity contribution in [2.45, 2.75) is 6.04 Å². The van der Waals surface area contributed by atoms with Crippen molar-refractivity contribution < 1.29 is 4.74 Å². The standard InChI is InChI=1S/C12H12Cl2N2OS/c1-17-8-5-11(18-6-8)12(16-15)7-2-3-9(13)10(14)4-7/h2-6,12,16H,15H2,1H3. The zero-order chi connectivity index (χ0) is 13.1. The van der Waals surface area contributed by atoms with Crippen LogP contribution in [-0.4, -0.2) is 7.11 Å². The van der Waals surface area contributed by atoms with Gasteiger partial charge in [-0.2, -0.15) is 0 Å². The predicted molar refractivity (Wildman–Crippen MR) is 76.5 cm³/mol. The second-order valence-corrected chi connectivity index (χ2v) is 5.42. The van der Waals surface area contributed by atoms with Crippen LogP contribution in [0.1, 0.15) is 16.5 Å². The number of nitrogens with one attached hydrogen (secondary N) is 1. The Hall–Kier alpha value is -0.780. The molecule has 0 aliphatic rings. The summed E-state index contributed by atoms with van der Waals surface area (Å²) in [4.78, 5) is 1.05. The molecular formula is C12H12Cl2N2OS. The average Bonchev–Trinajstić information content (AvgIpc) is 2.83. The molecule has 0 fully saturated rings.